The lowest BCUT2D eigenvalue weighted by Gasteiger charge is -2.45. The molecule has 0 atom stereocenters. The summed E-state index contributed by atoms with van der Waals surface area (Å²) in [4.78, 5) is 2.59. The molecule has 0 aromatic rings. The van der Waals surface area contributed by atoms with Crippen molar-refractivity contribution in [2.75, 3.05) is 52.5 Å². The van der Waals surface area contributed by atoms with Gasteiger partial charge in [0.25, 0.3) is 0 Å². The molecule has 0 amide bonds. The number of hydrogen-bond donors (Lipinski definition) is 1. The minimum atomic E-state index is 0.00277. The van der Waals surface area contributed by atoms with Crippen LogP contribution in [0.1, 0.15) is 33.6 Å². The summed E-state index contributed by atoms with van der Waals surface area (Å²) in [5.74, 6) is 0. The summed E-state index contributed by atoms with van der Waals surface area (Å²) in [6, 6.07) is 0. The van der Waals surface area contributed by atoms with Crippen LogP contribution in [0.2, 0.25) is 0 Å². The topological polar surface area (TPSA) is 33.7 Å². The van der Waals surface area contributed by atoms with Gasteiger partial charge in [-0.25, -0.2) is 0 Å². The zero-order valence-corrected chi connectivity index (χ0v) is 12.8. The van der Waals surface area contributed by atoms with E-state index in [9.17, 15) is 0 Å². The second kappa shape index (κ2) is 6.53. The van der Waals surface area contributed by atoms with Crippen LogP contribution in [0.5, 0.6) is 0 Å². The molecule has 2 fully saturated rings. The maximum atomic E-state index is 5.82. The number of nitrogens with one attached hydrogen (secondary N) is 1. The third-order valence-electron chi connectivity index (χ3n) is 4.37. The van der Waals surface area contributed by atoms with Crippen molar-refractivity contribution in [1.82, 2.24) is 10.2 Å². The van der Waals surface area contributed by atoms with Gasteiger partial charge in [-0.05, 0) is 38.6 Å². The van der Waals surface area contributed by atoms with Crippen LogP contribution < -0.4 is 5.32 Å². The standard InChI is InChI=1S/C15H30N2O2/c1-4-16-11-15(5-8-18-9-6-15)13-17-7-10-19-14(2,3)12-17/h16H,4-13H2,1-3H3. The third-order valence-corrected chi connectivity index (χ3v) is 4.37. The molecular weight excluding hydrogens is 240 g/mol. The molecule has 0 aromatic carbocycles. The maximum Gasteiger partial charge on any atom is 0.0753 e. The lowest BCUT2D eigenvalue weighted by Crippen LogP contribution is -2.54. The zero-order valence-electron chi connectivity index (χ0n) is 12.8. The fourth-order valence-corrected chi connectivity index (χ4v) is 3.31. The normalized spacial score (nSPS) is 27.3. The third kappa shape index (κ3) is 4.42. The molecule has 2 heterocycles. The van der Waals surface area contributed by atoms with E-state index in [1.807, 2.05) is 0 Å². The largest absolute Gasteiger partial charge is 0.381 e. The quantitative estimate of drug-likeness (QED) is 0.821. The number of morpholine rings is 1. The average Bonchev–Trinajstić information content (AvgIpc) is 2.36. The minimum Gasteiger partial charge on any atom is -0.381 e. The van der Waals surface area contributed by atoms with E-state index in [2.05, 4.69) is 31.0 Å². The molecule has 4 heteroatoms. The van der Waals surface area contributed by atoms with E-state index in [0.29, 0.717) is 5.41 Å². The van der Waals surface area contributed by atoms with Gasteiger partial charge in [-0.3, -0.25) is 4.90 Å². The van der Waals surface area contributed by atoms with Crippen molar-refractivity contribution < 1.29 is 9.47 Å². The van der Waals surface area contributed by atoms with Gasteiger partial charge < -0.3 is 14.8 Å². The van der Waals surface area contributed by atoms with Crippen molar-refractivity contribution in [1.29, 1.82) is 0 Å². The average molecular weight is 270 g/mol. The summed E-state index contributed by atoms with van der Waals surface area (Å²) in [5.41, 5.74) is 0.393. The molecule has 0 spiro atoms. The highest BCUT2D eigenvalue weighted by Crippen LogP contribution is 2.32. The summed E-state index contributed by atoms with van der Waals surface area (Å²) in [6.07, 6.45) is 2.36. The molecule has 112 valence electrons. The van der Waals surface area contributed by atoms with E-state index in [-0.39, 0.29) is 5.60 Å². The van der Waals surface area contributed by atoms with Gasteiger partial charge in [-0.2, -0.15) is 0 Å². The van der Waals surface area contributed by atoms with Gasteiger partial charge in [-0.1, -0.05) is 6.92 Å². The van der Waals surface area contributed by atoms with Crippen LogP contribution in [-0.2, 0) is 9.47 Å². The van der Waals surface area contributed by atoms with Crippen LogP contribution >= 0.6 is 0 Å². The number of hydrogen-bond acceptors (Lipinski definition) is 4. The maximum absolute atomic E-state index is 5.82. The first-order chi connectivity index (χ1) is 9.05. The van der Waals surface area contributed by atoms with E-state index in [1.165, 1.54) is 19.4 Å². The van der Waals surface area contributed by atoms with E-state index in [0.717, 1.165) is 46.0 Å². The van der Waals surface area contributed by atoms with Gasteiger partial charge >= 0.3 is 0 Å². The van der Waals surface area contributed by atoms with E-state index < -0.39 is 0 Å². The Hall–Kier alpha value is -0.160. The number of rotatable bonds is 5. The number of ether oxygens (including phenoxy) is 2. The summed E-state index contributed by atoms with van der Waals surface area (Å²) >= 11 is 0. The Morgan fingerprint density at radius 1 is 1.16 bits per heavy atom. The van der Waals surface area contributed by atoms with Gasteiger partial charge in [0.05, 0.1) is 12.2 Å². The van der Waals surface area contributed by atoms with Gasteiger partial charge in [0.2, 0.25) is 0 Å². The van der Waals surface area contributed by atoms with Crippen LogP contribution in [0.15, 0.2) is 0 Å². The second-order valence-corrected chi connectivity index (χ2v) is 6.71. The van der Waals surface area contributed by atoms with Gasteiger partial charge in [0.1, 0.15) is 0 Å². The van der Waals surface area contributed by atoms with Crippen LogP contribution in [0.25, 0.3) is 0 Å². The molecule has 2 saturated heterocycles. The van der Waals surface area contributed by atoms with Crippen molar-refractivity contribution in [3.63, 3.8) is 0 Å². The molecule has 1 N–H and O–H groups in total. The predicted molar refractivity (Wildman–Crippen MR) is 77.5 cm³/mol. The van der Waals surface area contributed by atoms with E-state index >= 15 is 0 Å². The summed E-state index contributed by atoms with van der Waals surface area (Å²) in [5, 5.41) is 3.56. The molecule has 4 nitrogen and oxygen atoms in total. The molecule has 0 aromatic heterocycles. The highest BCUT2D eigenvalue weighted by molar-refractivity contribution is 4.90. The Morgan fingerprint density at radius 2 is 1.89 bits per heavy atom. The van der Waals surface area contributed by atoms with E-state index in [1.54, 1.807) is 0 Å². The summed E-state index contributed by atoms with van der Waals surface area (Å²) < 4.78 is 11.4. The Bertz CT molecular complexity index is 275. The van der Waals surface area contributed by atoms with Gasteiger partial charge in [0, 0.05) is 39.4 Å². The first-order valence-corrected chi connectivity index (χ1v) is 7.70. The lowest BCUT2D eigenvalue weighted by molar-refractivity contribution is -0.102. The molecule has 2 rings (SSSR count). The molecule has 0 bridgehead atoms. The van der Waals surface area contributed by atoms with Crippen LogP contribution in [-0.4, -0.2) is 63.0 Å². The van der Waals surface area contributed by atoms with Crippen molar-refractivity contribution >= 4 is 0 Å². The highest BCUT2D eigenvalue weighted by atomic mass is 16.5. The predicted octanol–water partition coefficient (Wildman–Crippen LogP) is 1.50. The molecule has 19 heavy (non-hydrogen) atoms. The fourth-order valence-electron chi connectivity index (χ4n) is 3.31. The molecule has 0 radical (unpaired) electrons. The van der Waals surface area contributed by atoms with Crippen molar-refractivity contribution in [2.45, 2.75) is 39.2 Å². The molecule has 2 aliphatic rings. The van der Waals surface area contributed by atoms with Gasteiger partial charge in [0.15, 0.2) is 0 Å². The fraction of sp³-hybridized carbons (Fsp3) is 1.00. The Labute approximate surface area is 117 Å². The minimum absolute atomic E-state index is 0.00277. The smallest absolute Gasteiger partial charge is 0.0753 e. The molecule has 2 aliphatic heterocycles. The molecular formula is C15H30N2O2. The second-order valence-electron chi connectivity index (χ2n) is 6.71. The monoisotopic (exact) mass is 270 g/mol. The highest BCUT2D eigenvalue weighted by Gasteiger charge is 2.37. The van der Waals surface area contributed by atoms with Crippen molar-refractivity contribution in [3.05, 3.63) is 0 Å². The Kier molecular flexibility index (Phi) is 5.23. The Balaban J connectivity index is 1.94. The summed E-state index contributed by atoms with van der Waals surface area (Å²) in [6.45, 7) is 14.7. The van der Waals surface area contributed by atoms with Crippen LogP contribution in [0.4, 0.5) is 0 Å². The first kappa shape index (κ1) is 15.2. The van der Waals surface area contributed by atoms with Crippen LogP contribution in [0.3, 0.4) is 0 Å². The molecule has 0 aliphatic carbocycles. The SMILES string of the molecule is CCNCC1(CN2CCOC(C)(C)C2)CCOCC1. The molecule has 0 unspecified atom stereocenters. The van der Waals surface area contributed by atoms with Crippen molar-refractivity contribution in [2.24, 2.45) is 5.41 Å². The first-order valence-electron chi connectivity index (χ1n) is 7.70. The summed E-state index contributed by atoms with van der Waals surface area (Å²) in [7, 11) is 0. The zero-order chi connectivity index (χ0) is 13.8. The molecule has 0 saturated carbocycles. The van der Waals surface area contributed by atoms with Gasteiger partial charge in [-0.15, -0.1) is 0 Å². The van der Waals surface area contributed by atoms with Crippen molar-refractivity contribution in [3.8, 4) is 0 Å². The van der Waals surface area contributed by atoms with E-state index in [4.69, 9.17) is 9.47 Å². The van der Waals surface area contributed by atoms with Crippen LogP contribution in [0, 0.1) is 5.41 Å². The lowest BCUT2D eigenvalue weighted by atomic mass is 9.79. The Morgan fingerprint density at radius 3 is 2.53 bits per heavy atom. The number of nitrogens with zero attached hydrogens (tertiary/aromatic N) is 1.